The Morgan fingerprint density at radius 2 is 0.933 bits per heavy atom. The van der Waals surface area contributed by atoms with Crippen molar-refractivity contribution in [1.82, 2.24) is 5.32 Å². The number of allylic oxidation sites excluding steroid dienone is 10. The molecule has 0 saturated heterocycles. The summed E-state index contributed by atoms with van der Waals surface area (Å²) in [4.78, 5) is 26.1. The summed E-state index contributed by atoms with van der Waals surface area (Å²) in [5, 5.41) is 23.7. The topological polar surface area (TPSA) is 95.9 Å². The maximum Gasteiger partial charge on any atom is 0.306 e. The van der Waals surface area contributed by atoms with E-state index in [1.54, 1.807) is 0 Å². The molecule has 6 heteroatoms. The number of hydrogen-bond acceptors (Lipinski definition) is 5. The second-order valence-electron chi connectivity index (χ2n) is 17.3. The first-order valence-corrected chi connectivity index (χ1v) is 25.6. The van der Waals surface area contributed by atoms with Gasteiger partial charge < -0.3 is 20.3 Å². The summed E-state index contributed by atoms with van der Waals surface area (Å²) < 4.78 is 5.90. The van der Waals surface area contributed by atoms with Crippen LogP contribution in [0, 0.1) is 0 Å². The number of unbranched alkanes of at least 4 members (excludes halogenated alkanes) is 26. The third-order valence-corrected chi connectivity index (χ3v) is 11.4. The monoisotopic (exact) mass is 840 g/mol. The van der Waals surface area contributed by atoms with Gasteiger partial charge in [-0.1, -0.05) is 229 Å². The standard InChI is InChI=1S/C54H97NO5/c1-4-7-10-13-16-19-22-25-27-29-32-35-38-41-44-47-54(59)60-50(45-42-39-36-33-30-24-21-18-15-12-9-6-3)48-53(58)55-51(49-56)52(57)46-43-40-37-34-31-28-26-23-20-17-14-11-8-5-2/h7,10,13,16,19,22,25,27,33,36,50-52,56-57H,4-6,8-9,11-12,14-15,17-18,20-21,23-24,26,28-32,34-35,37-49H2,1-3H3,(H,55,58)/b10-7+,16-13+,22-19+,27-25-,36-33-. The zero-order chi connectivity index (χ0) is 43.8. The number of ether oxygens (including phenoxy) is 1. The number of nitrogens with one attached hydrogen (secondary N) is 1. The average Bonchev–Trinajstić information content (AvgIpc) is 3.24. The molecule has 3 unspecified atom stereocenters. The molecule has 0 aliphatic rings. The minimum Gasteiger partial charge on any atom is -0.462 e. The lowest BCUT2D eigenvalue weighted by Gasteiger charge is -2.24. The first-order valence-electron chi connectivity index (χ1n) is 25.6. The Labute approximate surface area is 371 Å². The number of amides is 1. The van der Waals surface area contributed by atoms with Crippen LogP contribution in [-0.2, 0) is 14.3 Å². The maximum absolute atomic E-state index is 13.2. The molecule has 3 N–H and O–H groups in total. The third-order valence-electron chi connectivity index (χ3n) is 11.4. The fourth-order valence-electron chi connectivity index (χ4n) is 7.56. The molecule has 0 aromatic rings. The van der Waals surface area contributed by atoms with E-state index in [1.165, 1.54) is 116 Å². The van der Waals surface area contributed by atoms with Crippen LogP contribution < -0.4 is 5.32 Å². The van der Waals surface area contributed by atoms with Gasteiger partial charge >= 0.3 is 5.97 Å². The molecule has 0 rings (SSSR count). The van der Waals surface area contributed by atoms with Crippen molar-refractivity contribution in [2.45, 2.75) is 264 Å². The maximum atomic E-state index is 13.2. The smallest absolute Gasteiger partial charge is 0.306 e. The molecule has 0 aliphatic carbocycles. The Hall–Kier alpha value is -2.44. The molecule has 60 heavy (non-hydrogen) atoms. The average molecular weight is 840 g/mol. The van der Waals surface area contributed by atoms with E-state index in [0.29, 0.717) is 19.3 Å². The molecule has 0 fully saturated rings. The summed E-state index contributed by atoms with van der Waals surface area (Å²) in [5.41, 5.74) is 0. The van der Waals surface area contributed by atoms with Crippen molar-refractivity contribution >= 4 is 11.9 Å². The molecule has 0 aliphatic heterocycles. The van der Waals surface area contributed by atoms with E-state index >= 15 is 0 Å². The zero-order valence-corrected chi connectivity index (χ0v) is 39.6. The lowest BCUT2D eigenvalue weighted by Crippen LogP contribution is -2.46. The largest absolute Gasteiger partial charge is 0.462 e. The van der Waals surface area contributed by atoms with Crippen LogP contribution in [-0.4, -0.2) is 46.9 Å². The van der Waals surface area contributed by atoms with E-state index in [2.05, 4.69) is 68.6 Å². The van der Waals surface area contributed by atoms with E-state index in [9.17, 15) is 19.8 Å². The van der Waals surface area contributed by atoms with Crippen LogP contribution in [0.4, 0.5) is 0 Å². The fraction of sp³-hybridized carbons (Fsp3) is 0.778. The number of aliphatic hydroxyl groups is 2. The molecule has 1 amide bonds. The molecule has 0 saturated carbocycles. The van der Waals surface area contributed by atoms with Gasteiger partial charge in [-0.25, -0.2) is 0 Å². The molecule has 0 radical (unpaired) electrons. The molecular formula is C54H97NO5. The summed E-state index contributed by atoms with van der Waals surface area (Å²) >= 11 is 0. The number of esters is 1. The van der Waals surface area contributed by atoms with Gasteiger partial charge in [-0.2, -0.15) is 0 Å². The second-order valence-corrected chi connectivity index (χ2v) is 17.3. The molecule has 0 heterocycles. The van der Waals surface area contributed by atoms with Gasteiger partial charge in [0.25, 0.3) is 0 Å². The van der Waals surface area contributed by atoms with Gasteiger partial charge in [0, 0.05) is 6.42 Å². The Morgan fingerprint density at radius 3 is 1.45 bits per heavy atom. The van der Waals surface area contributed by atoms with E-state index < -0.39 is 18.2 Å². The molecule has 0 bridgehead atoms. The predicted molar refractivity (Wildman–Crippen MR) is 259 cm³/mol. The van der Waals surface area contributed by atoms with Gasteiger partial charge in [0.15, 0.2) is 0 Å². The SMILES string of the molecule is CC/C=C/C=C/C=C/C=C\CCCCCCCC(=O)OC(CCC/C=C\CCCCCCCCC)CC(=O)NC(CO)C(O)CCCCCCCCCCCCCCCC. The highest BCUT2D eigenvalue weighted by Crippen LogP contribution is 2.17. The Balaban J connectivity index is 4.62. The van der Waals surface area contributed by atoms with Crippen LogP contribution in [0.3, 0.4) is 0 Å². The Morgan fingerprint density at radius 1 is 0.500 bits per heavy atom. The molecule has 0 aromatic heterocycles. The Kier molecular flexibility index (Phi) is 45.7. The van der Waals surface area contributed by atoms with Crippen LogP contribution in [0.1, 0.15) is 245 Å². The summed E-state index contributed by atoms with van der Waals surface area (Å²) in [6.45, 7) is 6.33. The zero-order valence-electron chi connectivity index (χ0n) is 39.6. The van der Waals surface area contributed by atoms with Gasteiger partial charge in [0.2, 0.25) is 5.91 Å². The fourth-order valence-corrected chi connectivity index (χ4v) is 7.56. The third kappa shape index (κ3) is 42.3. The normalized spacial score (nSPS) is 13.8. The first kappa shape index (κ1) is 57.6. The number of rotatable bonds is 45. The summed E-state index contributed by atoms with van der Waals surface area (Å²) in [6, 6.07) is -0.715. The van der Waals surface area contributed by atoms with Crippen molar-refractivity contribution in [2.75, 3.05) is 6.61 Å². The predicted octanol–water partition coefficient (Wildman–Crippen LogP) is 15.2. The Bertz CT molecular complexity index is 1080. The van der Waals surface area contributed by atoms with Crippen molar-refractivity contribution < 1.29 is 24.5 Å². The van der Waals surface area contributed by atoms with Crippen LogP contribution in [0.5, 0.6) is 0 Å². The highest BCUT2D eigenvalue weighted by atomic mass is 16.5. The van der Waals surface area contributed by atoms with E-state index in [-0.39, 0.29) is 24.9 Å². The first-order chi connectivity index (χ1) is 29.5. The van der Waals surface area contributed by atoms with Gasteiger partial charge in [0.05, 0.1) is 25.2 Å². The van der Waals surface area contributed by atoms with Crippen molar-refractivity contribution in [3.8, 4) is 0 Å². The summed E-state index contributed by atoms with van der Waals surface area (Å²) in [6.07, 6.45) is 58.5. The summed E-state index contributed by atoms with van der Waals surface area (Å²) in [5.74, 6) is -0.528. The number of carbonyl (C=O) groups excluding carboxylic acids is 2. The molecule has 0 spiro atoms. The number of hydrogen-bond donors (Lipinski definition) is 3. The van der Waals surface area contributed by atoms with Crippen molar-refractivity contribution in [1.29, 1.82) is 0 Å². The lowest BCUT2D eigenvalue weighted by molar-refractivity contribution is -0.151. The van der Waals surface area contributed by atoms with Crippen LogP contribution >= 0.6 is 0 Å². The second kappa shape index (κ2) is 47.6. The minimum atomic E-state index is -0.799. The molecule has 6 nitrogen and oxygen atoms in total. The van der Waals surface area contributed by atoms with Gasteiger partial charge in [-0.3, -0.25) is 9.59 Å². The van der Waals surface area contributed by atoms with Crippen LogP contribution in [0.2, 0.25) is 0 Å². The highest BCUT2D eigenvalue weighted by molar-refractivity contribution is 5.77. The van der Waals surface area contributed by atoms with E-state index in [4.69, 9.17) is 4.74 Å². The molecular weight excluding hydrogens is 743 g/mol. The van der Waals surface area contributed by atoms with Crippen molar-refractivity contribution in [2.24, 2.45) is 0 Å². The van der Waals surface area contributed by atoms with Gasteiger partial charge in [-0.05, 0) is 64.2 Å². The molecule has 3 atom stereocenters. The summed E-state index contributed by atoms with van der Waals surface area (Å²) in [7, 11) is 0. The number of aliphatic hydroxyl groups excluding tert-OH is 2. The lowest BCUT2D eigenvalue weighted by atomic mass is 10.0. The van der Waals surface area contributed by atoms with E-state index in [0.717, 1.165) is 83.5 Å². The highest BCUT2D eigenvalue weighted by Gasteiger charge is 2.24. The van der Waals surface area contributed by atoms with Crippen molar-refractivity contribution in [3.63, 3.8) is 0 Å². The quantitative estimate of drug-likeness (QED) is 0.0246. The van der Waals surface area contributed by atoms with Gasteiger partial charge in [-0.15, -0.1) is 0 Å². The number of carbonyl (C=O) groups is 2. The van der Waals surface area contributed by atoms with Gasteiger partial charge in [0.1, 0.15) is 6.10 Å². The van der Waals surface area contributed by atoms with Crippen LogP contribution in [0.25, 0.3) is 0 Å². The van der Waals surface area contributed by atoms with E-state index in [1.807, 2.05) is 18.2 Å². The van der Waals surface area contributed by atoms with Crippen LogP contribution in [0.15, 0.2) is 60.8 Å². The molecule has 0 aromatic carbocycles. The molecule has 348 valence electrons. The van der Waals surface area contributed by atoms with Crippen molar-refractivity contribution in [3.05, 3.63) is 60.8 Å². The minimum absolute atomic E-state index is 0.0461.